The van der Waals surface area contributed by atoms with Crippen LogP contribution < -0.4 is 20.1 Å². The fraction of sp³-hybridized carbons (Fsp3) is 0.611. The third kappa shape index (κ3) is 3.78. The van der Waals surface area contributed by atoms with Crippen LogP contribution >= 0.6 is 0 Å². The number of piperidine rings is 1. The van der Waals surface area contributed by atoms with Crippen molar-refractivity contribution in [2.75, 3.05) is 19.7 Å². The number of hydrogen-bond acceptors (Lipinski definition) is 4. The van der Waals surface area contributed by atoms with Gasteiger partial charge in [-0.3, -0.25) is 4.79 Å². The third-order valence-electron chi connectivity index (χ3n) is 4.50. The van der Waals surface area contributed by atoms with Gasteiger partial charge in [-0.25, -0.2) is 0 Å². The van der Waals surface area contributed by atoms with Gasteiger partial charge in [-0.15, -0.1) is 0 Å². The van der Waals surface area contributed by atoms with Crippen LogP contribution in [0.4, 0.5) is 0 Å². The second-order valence-electron chi connectivity index (χ2n) is 6.39. The molecule has 3 rings (SSSR count). The Morgan fingerprint density at radius 3 is 3.09 bits per heavy atom. The van der Waals surface area contributed by atoms with Gasteiger partial charge in [0.25, 0.3) is 0 Å². The molecule has 0 aliphatic carbocycles. The van der Waals surface area contributed by atoms with Crippen molar-refractivity contribution >= 4 is 5.91 Å². The maximum atomic E-state index is 12.3. The molecule has 0 aromatic heterocycles. The lowest BCUT2D eigenvalue weighted by Crippen LogP contribution is -2.40. The minimum absolute atomic E-state index is 0.0741. The molecule has 0 saturated carbocycles. The zero-order chi connectivity index (χ0) is 16.2. The van der Waals surface area contributed by atoms with Gasteiger partial charge >= 0.3 is 0 Å². The zero-order valence-electron chi connectivity index (χ0n) is 14.0. The molecule has 2 unspecified atom stereocenters. The predicted molar refractivity (Wildman–Crippen MR) is 88.8 cm³/mol. The average Bonchev–Trinajstić information content (AvgIpc) is 2.92. The summed E-state index contributed by atoms with van der Waals surface area (Å²) < 4.78 is 11.6. The summed E-state index contributed by atoms with van der Waals surface area (Å²) in [6.45, 7) is 6.92. The molecule has 2 heterocycles. The molecule has 2 atom stereocenters. The number of ether oxygens (including phenoxy) is 2. The normalized spacial score (nSPS) is 23.0. The van der Waals surface area contributed by atoms with E-state index < -0.39 is 0 Å². The lowest BCUT2D eigenvalue weighted by molar-refractivity contribution is -0.125. The first-order chi connectivity index (χ1) is 11.2. The van der Waals surface area contributed by atoms with Crippen LogP contribution in [0.2, 0.25) is 0 Å². The van der Waals surface area contributed by atoms with E-state index in [1.807, 2.05) is 13.0 Å². The van der Waals surface area contributed by atoms with E-state index in [1.165, 1.54) is 5.56 Å². The van der Waals surface area contributed by atoms with E-state index in [-0.39, 0.29) is 17.9 Å². The van der Waals surface area contributed by atoms with E-state index in [2.05, 4.69) is 23.6 Å². The number of rotatable bonds is 5. The van der Waals surface area contributed by atoms with Crippen LogP contribution in [0.3, 0.4) is 0 Å². The van der Waals surface area contributed by atoms with E-state index in [1.54, 1.807) is 0 Å². The fourth-order valence-corrected chi connectivity index (χ4v) is 3.31. The van der Waals surface area contributed by atoms with Gasteiger partial charge in [-0.2, -0.15) is 0 Å². The fourth-order valence-electron chi connectivity index (χ4n) is 3.31. The van der Waals surface area contributed by atoms with E-state index in [0.29, 0.717) is 13.2 Å². The van der Waals surface area contributed by atoms with Crippen LogP contribution in [-0.2, 0) is 17.8 Å². The van der Waals surface area contributed by atoms with Crippen LogP contribution in [-0.4, -0.2) is 31.7 Å². The molecule has 126 valence electrons. The predicted octanol–water partition coefficient (Wildman–Crippen LogP) is 2.02. The lowest BCUT2D eigenvalue weighted by atomic mass is 9.98. The van der Waals surface area contributed by atoms with E-state index in [4.69, 9.17) is 9.47 Å². The van der Waals surface area contributed by atoms with E-state index in [0.717, 1.165) is 49.4 Å². The Kier molecular flexibility index (Phi) is 5.06. The summed E-state index contributed by atoms with van der Waals surface area (Å²) >= 11 is 0. The number of amides is 1. The highest BCUT2D eigenvalue weighted by atomic mass is 16.5. The Balaban J connectivity index is 1.68. The first-order valence-electron chi connectivity index (χ1n) is 8.61. The Morgan fingerprint density at radius 1 is 1.48 bits per heavy atom. The largest absolute Gasteiger partial charge is 0.494 e. The van der Waals surface area contributed by atoms with E-state index >= 15 is 0 Å². The van der Waals surface area contributed by atoms with Crippen LogP contribution in [0.1, 0.15) is 37.8 Å². The average molecular weight is 318 g/mol. The van der Waals surface area contributed by atoms with Crippen molar-refractivity contribution in [2.45, 2.75) is 45.8 Å². The number of benzene rings is 1. The van der Waals surface area contributed by atoms with Crippen molar-refractivity contribution in [3.63, 3.8) is 0 Å². The Bertz CT molecular complexity index is 568. The molecule has 1 saturated heterocycles. The number of hydrogen-bond donors (Lipinski definition) is 2. The minimum Gasteiger partial charge on any atom is -0.494 e. The molecule has 0 bridgehead atoms. The van der Waals surface area contributed by atoms with Crippen molar-refractivity contribution in [3.8, 4) is 11.5 Å². The molecule has 1 amide bonds. The van der Waals surface area contributed by atoms with Crippen LogP contribution in [0.25, 0.3) is 0 Å². The van der Waals surface area contributed by atoms with Crippen LogP contribution in [0.5, 0.6) is 11.5 Å². The SMILES string of the molecule is CCOc1cc2c(cc1CNC(=O)C1CCCNC1)OC(C)C2. The van der Waals surface area contributed by atoms with Gasteiger partial charge in [0, 0.05) is 30.6 Å². The summed E-state index contributed by atoms with van der Waals surface area (Å²) in [6.07, 6.45) is 3.14. The lowest BCUT2D eigenvalue weighted by Gasteiger charge is -2.22. The summed E-state index contributed by atoms with van der Waals surface area (Å²) in [5.74, 6) is 1.97. The molecule has 5 heteroatoms. The summed E-state index contributed by atoms with van der Waals surface area (Å²) in [5, 5.41) is 6.33. The van der Waals surface area contributed by atoms with Gasteiger partial charge in [-0.05, 0) is 45.4 Å². The molecule has 23 heavy (non-hydrogen) atoms. The highest BCUT2D eigenvalue weighted by Crippen LogP contribution is 2.35. The van der Waals surface area contributed by atoms with Gasteiger partial charge in [-0.1, -0.05) is 0 Å². The molecule has 0 radical (unpaired) electrons. The highest BCUT2D eigenvalue weighted by Gasteiger charge is 2.23. The first-order valence-corrected chi connectivity index (χ1v) is 8.61. The molecule has 0 spiro atoms. The monoisotopic (exact) mass is 318 g/mol. The Labute approximate surface area is 137 Å². The van der Waals surface area contributed by atoms with Crippen molar-refractivity contribution in [1.82, 2.24) is 10.6 Å². The highest BCUT2D eigenvalue weighted by molar-refractivity contribution is 5.79. The standard InChI is InChI=1S/C18H26N2O3/c1-3-22-16-8-14-7-12(2)23-17(14)9-15(16)11-20-18(21)13-5-4-6-19-10-13/h8-9,12-13,19H,3-7,10-11H2,1-2H3,(H,20,21). The smallest absolute Gasteiger partial charge is 0.224 e. The van der Waals surface area contributed by atoms with Crippen molar-refractivity contribution < 1.29 is 14.3 Å². The van der Waals surface area contributed by atoms with Crippen LogP contribution in [0, 0.1) is 5.92 Å². The molecule has 1 aromatic carbocycles. The molecule has 1 aromatic rings. The summed E-state index contributed by atoms with van der Waals surface area (Å²) in [6, 6.07) is 4.08. The second-order valence-corrected chi connectivity index (χ2v) is 6.39. The van der Waals surface area contributed by atoms with Gasteiger partial charge in [0.15, 0.2) is 0 Å². The zero-order valence-corrected chi connectivity index (χ0v) is 14.0. The number of carbonyl (C=O) groups excluding carboxylic acids is 1. The maximum absolute atomic E-state index is 12.3. The first kappa shape index (κ1) is 16.1. The molecular weight excluding hydrogens is 292 g/mol. The van der Waals surface area contributed by atoms with Gasteiger partial charge < -0.3 is 20.1 Å². The summed E-state index contributed by atoms with van der Waals surface area (Å²) in [7, 11) is 0. The Hall–Kier alpha value is -1.75. The minimum atomic E-state index is 0.0741. The van der Waals surface area contributed by atoms with Crippen LogP contribution in [0.15, 0.2) is 12.1 Å². The van der Waals surface area contributed by atoms with Crippen molar-refractivity contribution in [3.05, 3.63) is 23.3 Å². The molecular formula is C18H26N2O3. The maximum Gasteiger partial charge on any atom is 0.224 e. The second kappa shape index (κ2) is 7.21. The third-order valence-corrected chi connectivity index (χ3v) is 4.50. The number of carbonyl (C=O) groups is 1. The molecule has 2 N–H and O–H groups in total. The van der Waals surface area contributed by atoms with Gasteiger partial charge in [0.1, 0.15) is 17.6 Å². The van der Waals surface area contributed by atoms with Gasteiger partial charge in [0.2, 0.25) is 5.91 Å². The van der Waals surface area contributed by atoms with Crippen molar-refractivity contribution in [2.24, 2.45) is 5.92 Å². The molecule has 1 fully saturated rings. The Morgan fingerprint density at radius 2 is 2.35 bits per heavy atom. The van der Waals surface area contributed by atoms with E-state index in [9.17, 15) is 4.79 Å². The number of nitrogens with one attached hydrogen (secondary N) is 2. The molecule has 2 aliphatic rings. The summed E-state index contributed by atoms with van der Waals surface area (Å²) in [4.78, 5) is 12.3. The molecule has 5 nitrogen and oxygen atoms in total. The summed E-state index contributed by atoms with van der Waals surface area (Å²) in [5.41, 5.74) is 2.17. The quantitative estimate of drug-likeness (QED) is 0.872. The molecule has 2 aliphatic heterocycles. The van der Waals surface area contributed by atoms with Crippen molar-refractivity contribution in [1.29, 1.82) is 0 Å². The topological polar surface area (TPSA) is 59.6 Å². The van der Waals surface area contributed by atoms with Gasteiger partial charge in [0.05, 0.1) is 12.5 Å². The number of fused-ring (bicyclic) bond motifs is 1.